The zero-order valence-electron chi connectivity index (χ0n) is 10.4. The van der Waals surface area contributed by atoms with Crippen molar-refractivity contribution in [3.05, 3.63) is 0 Å². The molecule has 1 saturated carbocycles. The van der Waals surface area contributed by atoms with Crippen LogP contribution in [0.25, 0.3) is 0 Å². The third-order valence-electron chi connectivity index (χ3n) is 4.20. The summed E-state index contributed by atoms with van der Waals surface area (Å²) in [7, 11) is 4.37. The summed E-state index contributed by atoms with van der Waals surface area (Å²) in [6.07, 6.45) is 3.78. The molecule has 0 amide bonds. The predicted molar refractivity (Wildman–Crippen MR) is 63.8 cm³/mol. The van der Waals surface area contributed by atoms with Crippen molar-refractivity contribution in [3.8, 4) is 0 Å². The highest BCUT2D eigenvalue weighted by Crippen LogP contribution is 2.31. The molecule has 0 aromatic carbocycles. The van der Waals surface area contributed by atoms with Crippen molar-refractivity contribution in [1.82, 2.24) is 9.80 Å². The van der Waals surface area contributed by atoms with Crippen LogP contribution in [0, 0.1) is 5.92 Å². The number of hydrogen-bond donors (Lipinski definition) is 1. The number of likely N-dealkylation sites (tertiary alicyclic amines) is 1. The summed E-state index contributed by atoms with van der Waals surface area (Å²) in [5.41, 5.74) is 6.45. The normalized spacial score (nSPS) is 35.8. The lowest BCUT2D eigenvalue weighted by Crippen LogP contribution is -2.54. The number of hydrogen-bond acceptors (Lipinski definition) is 3. The molecule has 2 atom stereocenters. The first-order valence-electron chi connectivity index (χ1n) is 6.18. The number of nitrogens with zero attached hydrogens (tertiary/aromatic N) is 2. The molecule has 1 aliphatic heterocycles. The highest BCUT2D eigenvalue weighted by atomic mass is 15.2. The summed E-state index contributed by atoms with van der Waals surface area (Å²) < 4.78 is 0. The average Bonchev–Trinajstić information content (AvgIpc) is 2.44. The lowest BCUT2D eigenvalue weighted by Gasteiger charge is -2.41. The maximum atomic E-state index is 6.29. The van der Waals surface area contributed by atoms with Crippen LogP contribution in [-0.4, -0.2) is 55.1 Å². The largest absolute Gasteiger partial charge is 0.324 e. The summed E-state index contributed by atoms with van der Waals surface area (Å²) in [5, 5.41) is 0. The van der Waals surface area contributed by atoms with E-state index in [0.29, 0.717) is 6.04 Å². The Labute approximate surface area is 93.6 Å². The molecule has 1 saturated heterocycles. The SMILES string of the molecule is CC1CN(CC2(N)CCC2)CC1N(C)C. The number of nitrogens with two attached hydrogens (primary N) is 1. The lowest BCUT2D eigenvalue weighted by molar-refractivity contribution is 0.157. The molecule has 1 aliphatic carbocycles. The molecule has 2 fully saturated rings. The number of rotatable bonds is 3. The van der Waals surface area contributed by atoms with Crippen molar-refractivity contribution < 1.29 is 0 Å². The quantitative estimate of drug-likeness (QED) is 0.748. The Balaban J connectivity index is 1.86. The summed E-state index contributed by atoms with van der Waals surface area (Å²) >= 11 is 0. The van der Waals surface area contributed by atoms with Crippen LogP contribution in [0.1, 0.15) is 26.2 Å². The minimum Gasteiger partial charge on any atom is -0.324 e. The minimum atomic E-state index is 0.154. The van der Waals surface area contributed by atoms with Gasteiger partial charge in [0.25, 0.3) is 0 Å². The lowest BCUT2D eigenvalue weighted by atomic mass is 9.77. The molecule has 1 heterocycles. The third kappa shape index (κ3) is 2.35. The van der Waals surface area contributed by atoms with Crippen LogP contribution in [-0.2, 0) is 0 Å². The van der Waals surface area contributed by atoms with Crippen LogP contribution in [0.3, 0.4) is 0 Å². The molecule has 2 aliphatic rings. The van der Waals surface area contributed by atoms with E-state index in [9.17, 15) is 0 Å². The minimum absolute atomic E-state index is 0.154. The molecule has 3 heteroatoms. The van der Waals surface area contributed by atoms with Gasteiger partial charge in [-0.3, -0.25) is 4.90 Å². The smallest absolute Gasteiger partial charge is 0.0283 e. The second-order valence-corrected chi connectivity index (χ2v) is 5.92. The number of likely N-dealkylation sites (N-methyl/N-ethyl adjacent to an activating group) is 1. The van der Waals surface area contributed by atoms with Gasteiger partial charge in [0.15, 0.2) is 0 Å². The van der Waals surface area contributed by atoms with Crippen molar-refractivity contribution >= 4 is 0 Å². The van der Waals surface area contributed by atoms with Gasteiger partial charge in [0.1, 0.15) is 0 Å². The van der Waals surface area contributed by atoms with E-state index in [-0.39, 0.29) is 5.54 Å². The topological polar surface area (TPSA) is 32.5 Å². The first kappa shape index (κ1) is 11.4. The molecular formula is C12H25N3. The molecule has 2 unspecified atom stereocenters. The van der Waals surface area contributed by atoms with Crippen LogP contribution >= 0.6 is 0 Å². The third-order valence-corrected chi connectivity index (χ3v) is 4.20. The Kier molecular flexibility index (Phi) is 3.06. The Morgan fingerprint density at radius 1 is 1.33 bits per heavy atom. The zero-order chi connectivity index (χ0) is 11.1. The van der Waals surface area contributed by atoms with Crippen LogP contribution in [0.15, 0.2) is 0 Å². The molecular weight excluding hydrogens is 186 g/mol. The fourth-order valence-corrected chi connectivity index (χ4v) is 3.08. The van der Waals surface area contributed by atoms with Crippen LogP contribution in [0.4, 0.5) is 0 Å². The van der Waals surface area contributed by atoms with E-state index in [2.05, 4.69) is 30.8 Å². The Bertz CT molecular complexity index is 223. The van der Waals surface area contributed by atoms with Crippen molar-refractivity contribution in [2.45, 2.75) is 37.8 Å². The molecule has 88 valence electrons. The Hall–Kier alpha value is -0.120. The molecule has 0 spiro atoms. The van der Waals surface area contributed by atoms with Crippen molar-refractivity contribution in [2.24, 2.45) is 11.7 Å². The average molecular weight is 211 g/mol. The van der Waals surface area contributed by atoms with Gasteiger partial charge in [-0.25, -0.2) is 0 Å². The summed E-state index contributed by atoms with van der Waals surface area (Å²) in [6.45, 7) is 5.89. The van der Waals surface area contributed by atoms with Gasteiger partial charge in [0.05, 0.1) is 0 Å². The summed E-state index contributed by atoms with van der Waals surface area (Å²) in [6, 6.07) is 0.716. The van der Waals surface area contributed by atoms with E-state index < -0.39 is 0 Å². The molecule has 3 nitrogen and oxygen atoms in total. The summed E-state index contributed by atoms with van der Waals surface area (Å²) in [5.74, 6) is 0.781. The maximum absolute atomic E-state index is 6.29. The molecule has 0 radical (unpaired) electrons. The highest BCUT2D eigenvalue weighted by Gasteiger charge is 2.38. The van der Waals surface area contributed by atoms with Crippen molar-refractivity contribution in [2.75, 3.05) is 33.7 Å². The fourth-order valence-electron chi connectivity index (χ4n) is 3.08. The van der Waals surface area contributed by atoms with E-state index in [1.807, 2.05) is 0 Å². The zero-order valence-corrected chi connectivity index (χ0v) is 10.4. The van der Waals surface area contributed by atoms with Gasteiger partial charge in [0.2, 0.25) is 0 Å². The first-order valence-corrected chi connectivity index (χ1v) is 6.18. The molecule has 0 aromatic heterocycles. The Morgan fingerprint density at radius 2 is 2.00 bits per heavy atom. The van der Waals surface area contributed by atoms with E-state index in [4.69, 9.17) is 5.73 Å². The van der Waals surface area contributed by atoms with Gasteiger partial charge < -0.3 is 10.6 Å². The monoisotopic (exact) mass is 211 g/mol. The fraction of sp³-hybridized carbons (Fsp3) is 1.00. The van der Waals surface area contributed by atoms with Gasteiger partial charge in [0, 0.05) is 31.2 Å². The van der Waals surface area contributed by atoms with Crippen LogP contribution < -0.4 is 5.73 Å². The van der Waals surface area contributed by atoms with Gasteiger partial charge in [-0.2, -0.15) is 0 Å². The first-order chi connectivity index (χ1) is 7.00. The predicted octanol–water partition coefficient (Wildman–Crippen LogP) is 0.750. The Morgan fingerprint density at radius 3 is 2.40 bits per heavy atom. The molecule has 2 rings (SSSR count). The molecule has 0 aromatic rings. The van der Waals surface area contributed by atoms with Gasteiger partial charge in [-0.1, -0.05) is 6.92 Å². The van der Waals surface area contributed by atoms with Gasteiger partial charge in [-0.15, -0.1) is 0 Å². The van der Waals surface area contributed by atoms with Crippen molar-refractivity contribution in [3.63, 3.8) is 0 Å². The van der Waals surface area contributed by atoms with Crippen LogP contribution in [0.5, 0.6) is 0 Å². The second-order valence-electron chi connectivity index (χ2n) is 5.92. The molecule has 0 bridgehead atoms. The van der Waals surface area contributed by atoms with E-state index in [0.717, 1.165) is 12.5 Å². The van der Waals surface area contributed by atoms with E-state index in [1.165, 1.54) is 32.4 Å². The van der Waals surface area contributed by atoms with E-state index in [1.54, 1.807) is 0 Å². The maximum Gasteiger partial charge on any atom is 0.0283 e. The summed E-state index contributed by atoms with van der Waals surface area (Å²) in [4.78, 5) is 4.92. The standard InChI is InChI=1S/C12H25N3/c1-10-7-15(8-11(10)14(2)3)9-12(13)5-4-6-12/h10-11H,4-9,13H2,1-3H3. The second kappa shape index (κ2) is 4.04. The van der Waals surface area contributed by atoms with Crippen molar-refractivity contribution in [1.29, 1.82) is 0 Å². The molecule has 15 heavy (non-hydrogen) atoms. The van der Waals surface area contributed by atoms with Gasteiger partial charge >= 0.3 is 0 Å². The van der Waals surface area contributed by atoms with Crippen LogP contribution in [0.2, 0.25) is 0 Å². The molecule has 2 N–H and O–H groups in total. The highest BCUT2D eigenvalue weighted by molar-refractivity contribution is 4.98. The van der Waals surface area contributed by atoms with Gasteiger partial charge in [-0.05, 0) is 39.3 Å². The van der Waals surface area contributed by atoms with E-state index >= 15 is 0 Å².